The van der Waals surface area contributed by atoms with Gasteiger partial charge < -0.3 is 10.6 Å². The highest BCUT2D eigenvalue weighted by Crippen LogP contribution is 2.29. The lowest BCUT2D eigenvalue weighted by Gasteiger charge is -2.23. The number of aliphatic imine (C=N–C) groups is 1. The summed E-state index contributed by atoms with van der Waals surface area (Å²) in [5.74, 6) is -0.389. The van der Waals surface area contributed by atoms with Crippen molar-refractivity contribution in [2.24, 2.45) is 4.99 Å². The molecule has 0 fully saturated rings. The normalized spacial score (nSPS) is 12.3. The molecule has 3 rings (SSSR count). The molecule has 0 unspecified atom stereocenters. The Bertz CT molecular complexity index is 1480. The van der Waals surface area contributed by atoms with Crippen LogP contribution in [0.15, 0.2) is 101 Å². The van der Waals surface area contributed by atoms with E-state index in [0.29, 0.717) is 23.5 Å². The van der Waals surface area contributed by atoms with Gasteiger partial charge in [0, 0.05) is 39.6 Å². The van der Waals surface area contributed by atoms with E-state index in [1.54, 1.807) is 0 Å². The maximum absolute atomic E-state index is 13.5. The van der Waals surface area contributed by atoms with Crippen LogP contribution in [0.3, 0.4) is 0 Å². The number of carbonyl (C=O) groups is 1. The topological polar surface area (TPSA) is 90.9 Å². The Labute approximate surface area is 243 Å². The zero-order chi connectivity index (χ0) is 30.8. The second kappa shape index (κ2) is 14.7. The summed E-state index contributed by atoms with van der Waals surface area (Å²) < 4.78 is 80.4. The number of nitrogens with zero attached hydrogens (tertiary/aromatic N) is 2. The molecule has 224 valence electrons. The number of benzene rings is 3. The monoisotopic (exact) mass is 604 g/mol. The summed E-state index contributed by atoms with van der Waals surface area (Å²) in [6, 6.07) is 18.0. The van der Waals surface area contributed by atoms with Gasteiger partial charge in [0.15, 0.2) is 0 Å². The second-order valence-corrected chi connectivity index (χ2v) is 11.3. The lowest BCUT2D eigenvalue weighted by Crippen LogP contribution is -2.34. The fourth-order valence-corrected chi connectivity index (χ4v) is 5.39. The number of sulfonamides is 1. The molecule has 12 heteroatoms. The van der Waals surface area contributed by atoms with Crippen molar-refractivity contribution in [3.63, 3.8) is 0 Å². The third-order valence-corrected chi connectivity index (χ3v) is 8.15. The Hall–Kier alpha value is -4.03. The molecule has 2 N–H and O–H groups in total. The molecule has 0 bridgehead atoms. The minimum Gasteiger partial charge on any atom is -0.370 e. The van der Waals surface area contributed by atoms with E-state index < -0.39 is 27.6 Å². The first-order chi connectivity index (χ1) is 19.9. The van der Waals surface area contributed by atoms with Crippen molar-refractivity contribution in [2.45, 2.75) is 37.0 Å². The number of halogens is 4. The minimum absolute atomic E-state index is 0.0855. The summed E-state index contributed by atoms with van der Waals surface area (Å²) in [6.45, 7) is 4.35. The standard InChI is InChI=1S/C30H32F4N4O3S/c1-22(29(35-2)36-18-16-28(39)37-20-23-6-4-3-5-7-23)17-19-38(42(40,41)27-14-12-26(31)13-15-27)21-24-8-10-25(11-9-24)30(32,33)34/h3-15H,1,16-21H2,2H3,(H,35,36)(H,37,39). The van der Waals surface area contributed by atoms with Gasteiger partial charge in [0.05, 0.1) is 10.5 Å². The van der Waals surface area contributed by atoms with Crippen LogP contribution in [0.5, 0.6) is 0 Å². The molecule has 0 aromatic heterocycles. The molecule has 7 nitrogen and oxygen atoms in total. The maximum Gasteiger partial charge on any atom is 0.416 e. The molecule has 0 saturated heterocycles. The fraction of sp³-hybridized carbons (Fsp3) is 0.267. The van der Waals surface area contributed by atoms with E-state index in [1.807, 2.05) is 30.3 Å². The van der Waals surface area contributed by atoms with E-state index >= 15 is 0 Å². The number of hydrogen-bond acceptors (Lipinski definition) is 4. The minimum atomic E-state index is -4.53. The number of carbonyl (C=O) groups excluding carboxylic acids is 1. The van der Waals surface area contributed by atoms with Crippen molar-refractivity contribution in [1.82, 2.24) is 14.9 Å². The fourth-order valence-electron chi connectivity index (χ4n) is 3.96. The molecule has 0 heterocycles. The van der Waals surface area contributed by atoms with Crippen LogP contribution in [0.1, 0.15) is 29.5 Å². The Morgan fingerprint density at radius 1 is 0.905 bits per heavy atom. The van der Waals surface area contributed by atoms with Gasteiger partial charge in [-0.25, -0.2) is 12.8 Å². The molecule has 3 aromatic carbocycles. The van der Waals surface area contributed by atoms with Crippen LogP contribution in [0, 0.1) is 5.82 Å². The number of rotatable bonds is 13. The predicted octanol–water partition coefficient (Wildman–Crippen LogP) is 5.31. The molecule has 1 amide bonds. The number of alkyl halides is 3. The number of nitrogens with one attached hydrogen (secondary N) is 2. The zero-order valence-electron chi connectivity index (χ0n) is 23.0. The quantitative estimate of drug-likeness (QED) is 0.157. The predicted molar refractivity (Wildman–Crippen MR) is 153 cm³/mol. The Morgan fingerprint density at radius 2 is 1.55 bits per heavy atom. The molecule has 0 saturated carbocycles. The SMILES string of the molecule is C=C(CCN(Cc1ccc(C(F)(F)F)cc1)S(=O)(=O)c1ccc(F)cc1)C(=NC)NCCC(=O)NCc1ccccc1. The van der Waals surface area contributed by atoms with Gasteiger partial charge in [0.2, 0.25) is 15.9 Å². The number of hydrogen-bond donors (Lipinski definition) is 2. The van der Waals surface area contributed by atoms with Crippen LogP contribution in [-0.2, 0) is 34.1 Å². The second-order valence-electron chi connectivity index (χ2n) is 9.35. The van der Waals surface area contributed by atoms with E-state index in [1.165, 1.54) is 19.2 Å². The summed E-state index contributed by atoms with van der Waals surface area (Å²) >= 11 is 0. The van der Waals surface area contributed by atoms with E-state index in [9.17, 15) is 30.8 Å². The third-order valence-electron chi connectivity index (χ3n) is 6.29. The van der Waals surface area contributed by atoms with Crippen molar-refractivity contribution < 1.29 is 30.8 Å². The van der Waals surface area contributed by atoms with E-state index in [0.717, 1.165) is 46.3 Å². The van der Waals surface area contributed by atoms with Crippen molar-refractivity contribution in [3.05, 3.63) is 114 Å². The van der Waals surface area contributed by atoms with Gasteiger partial charge in [-0.05, 0) is 59.5 Å². The molecular formula is C30H32F4N4O3S. The molecule has 0 aliphatic rings. The Morgan fingerprint density at radius 3 is 2.14 bits per heavy atom. The summed E-state index contributed by atoms with van der Waals surface area (Å²) in [4.78, 5) is 16.2. The largest absolute Gasteiger partial charge is 0.416 e. The summed E-state index contributed by atoms with van der Waals surface area (Å²) in [5.41, 5.74) is 0.924. The molecule has 0 aliphatic carbocycles. The van der Waals surface area contributed by atoms with Crippen LogP contribution in [0.4, 0.5) is 17.6 Å². The first kappa shape index (κ1) is 32.5. The molecule has 0 radical (unpaired) electrons. The third kappa shape index (κ3) is 9.52. The summed E-state index contributed by atoms with van der Waals surface area (Å²) in [6.07, 6.45) is -4.24. The van der Waals surface area contributed by atoms with E-state index in [2.05, 4.69) is 22.2 Å². The zero-order valence-corrected chi connectivity index (χ0v) is 23.8. The van der Waals surface area contributed by atoms with Crippen molar-refractivity contribution in [1.29, 1.82) is 0 Å². The van der Waals surface area contributed by atoms with Crippen LogP contribution in [0.25, 0.3) is 0 Å². The van der Waals surface area contributed by atoms with Crippen LogP contribution in [0.2, 0.25) is 0 Å². The van der Waals surface area contributed by atoms with Gasteiger partial charge >= 0.3 is 6.18 Å². The van der Waals surface area contributed by atoms with Crippen molar-refractivity contribution >= 4 is 21.8 Å². The van der Waals surface area contributed by atoms with Crippen LogP contribution < -0.4 is 10.6 Å². The van der Waals surface area contributed by atoms with Crippen LogP contribution in [-0.4, -0.2) is 44.6 Å². The number of amidine groups is 1. The lowest BCUT2D eigenvalue weighted by atomic mass is 10.1. The summed E-state index contributed by atoms with van der Waals surface area (Å²) in [5, 5.41) is 5.87. The average Bonchev–Trinajstić information content (AvgIpc) is 2.96. The van der Waals surface area contributed by atoms with Crippen molar-refractivity contribution in [2.75, 3.05) is 20.1 Å². The molecular weight excluding hydrogens is 572 g/mol. The smallest absolute Gasteiger partial charge is 0.370 e. The first-order valence-electron chi connectivity index (χ1n) is 13.0. The molecule has 0 spiro atoms. The molecule has 0 aliphatic heterocycles. The van der Waals surface area contributed by atoms with Gasteiger partial charge in [-0.2, -0.15) is 17.5 Å². The highest BCUT2D eigenvalue weighted by molar-refractivity contribution is 7.89. The first-order valence-corrected chi connectivity index (χ1v) is 14.5. The van der Waals surface area contributed by atoms with E-state index in [-0.39, 0.29) is 43.3 Å². The van der Waals surface area contributed by atoms with Gasteiger partial charge in [-0.3, -0.25) is 9.79 Å². The molecule has 0 atom stereocenters. The lowest BCUT2D eigenvalue weighted by molar-refractivity contribution is -0.137. The van der Waals surface area contributed by atoms with Gasteiger partial charge in [0.1, 0.15) is 11.7 Å². The van der Waals surface area contributed by atoms with Crippen LogP contribution >= 0.6 is 0 Å². The van der Waals surface area contributed by atoms with Gasteiger partial charge in [-0.15, -0.1) is 0 Å². The van der Waals surface area contributed by atoms with Crippen molar-refractivity contribution in [3.8, 4) is 0 Å². The molecule has 42 heavy (non-hydrogen) atoms. The highest BCUT2D eigenvalue weighted by atomic mass is 32.2. The average molecular weight is 605 g/mol. The number of amides is 1. The van der Waals surface area contributed by atoms with Gasteiger partial charge in [0.25, 0.3) is 0 Å². The highest BCUT2D eigenvalue weighted by Gasteiger charge is 2.30. The Balaban J connectivity index is 1.64. The maximum atomic E-state index is 13.5. The van der Waals surface area contributed by atoms with E-state index in [4.69, 9.17) is 0 Å². The van der Waals surface area contributed by atoms with Gasteiger partial charge in [-0.1, -0.05) is 49.0 Å². The summed E-state index contributed by atoms with van der Waals surface area (Å²) in [7, 11) is -2.62. The Kier molecular flexibility index (Phi) is 11.4. The molecule has 3 aromatic rings.